The Morgan fingerprint density at radius 3 is 2.56 bits per heavy atom. The predicted octanol–water partition coefficient (Wildman–Crippen LogP) is 1.66. The summed E-state index contributed by atoms with van der Waals surface area (Å²) in [6, 6.07) is 0. The molecule has 0 fully saturated rings. The van der Waals surface area contributed by atoms with Crippen LogP contribution in [0.25, 0.3) is 0 Å². The smallest absolute Gasteiger partial charge is 0.289 e. The SMILES string of the molecule is Nc1csc(C(F)F)n1. The third-order valence-electron chi connectivity index (χ3n) is 0.726. The van der Waals surface area contributed by atoms with Crippen LogP contribution in [0.3, 0.4) is 0 Å². The van der Waals surface area contributed by atoms with E-state index in [1.165, 1.54) is 5.38 Å². The zero-order valence-electron chi connectivity index (χ0n) is 4.34. The van der Waals surface area contributed by atoms with Crippen molar-refractivity contribution in [2.45, 2.75) is 6.43 Å². The summed E-state index contributed by atoms with van der Waals surface area (Å²) in [4.78, 5) is 3.36. The lowest BCUT2D eigenvalue weighted by molar-refractivity contribution is 0.151. The molecule has 0 radical (unpaired) electrons. The van der Waals surface area contributed by atoms with Crippen LogP contribution < -0.4 is 5.73 Å². The molecule has 5 heteroatoms. The van der Waals surface area contributed by atoms with Gasteiger partial charge in [-0.15, -0.1) is 11.3 Å². The minimum atomic E-state index is -2.49. The molecule has 9 heavy (non-hydrogen) atoms. The van der Waals surface area contributed by atoms with E-state index >= 15 is 0 Å². The van der Waals surface area contributed by atoms with Crippen LogP contribution in [0.4, 0.5) is 14.6 Å². The maximum Gasteiger partial charge on any atom is 0.289 e. The first kappa shape index (κ1) is 6.41. The Hall–Kier alpha value is -0.710. The molecule has 0 spiro atoms. The van der Waals surface area contributed by atoms with E-state index in [2.05, 4.69) is 4.98 Å². The molecule has 2 nitrogen and oxygen atoms in total. The second-order valence-electron chi connectivity index (χ2n) is 1.41. The van der Waals surface area contributed by atoms with Crippen LogP contribution in [-0.2, 0) is 0 Å². The van der Waals surface area contributed by atoms with E-state index in [0.29, 0.717) is 0 Å². The number of nitrogens with two attached hydrogens (primary N) is 1. The van der Waals surface area contributed by atoms with Gasteiger partial charge in [-0.2, -0.15) is 0 Å². The van der Waals surface area contributed by atoms with Crippen molar-refractivity contribution < 1.29 is 8.78 Å². The highest BCUT2D eigenvalue weighted by atomic mass is 32.1. The summed E-state index contributed by atoms with van der Waals surface area (Å²) in [6.07, 6.45) is -2.49. The van der Waals surface area contributed by atoms with Gasteiger partial charge >= 0.3 is 0 Å². The molecule has 0 aliphatic rings. The number of thiazole rings is 1. The van der Waals surface area contributed by atoms with Crippen LogP contribution >= 0.6 is 11.3 Å². The van der Waals surface area contributed by atoms with Gasteiger partial charge in [-0.05, 0) is 0 Å². The molecule has 0 unspecified atom stereocenters. The van der Waals surface area contributed by atoms with Gasteiger partial charge in [0.05, 0.1) is 0 Å². The average Bonchev–Trinajstić information content (AvgIpc) is 2.14. The van der Waals surface area contributed by atoms with E-state index in [0.717, 1.165) is 11.3 Å². The van der Waals surface area contributed by atoms with Crippen LogP contribution in [0, 0.1) is 0 Å². The molecule has 1 aromatic rings. The third-order valence-corrected chi connectivity index (χ3v) is 1.60. The maximum atomic E-state index is 11.7. The number of alkyl halides is 2. The van der Waals surface area contributed by atoms with Crippen molar-refractivity contribution in [3.63, 3.8) is 0 Å². The van der Waals surface area contributed by atoms with Crippen LogP contribution in [0.1, 0.15) is 11.4 Å². The zero-order chi connectivity index (χ0) is 6.85. The molecule has 0 bridgehead atoms. The van der Waals surface area contributed by atoms with Crippen molar-refractivity contribution in [3.05, 3.63) is 10.4 Å². The summed E-state index contributed by atoms with van der Waals surface area (Å²) in [5, 5.41) is 1.18. The summed E-state index contributed by atoms with van der Waals surface area (Å²) < 4.78 is 23.3. The normalized spacial score (nSPS) is 10.6. The number of aromatic nitrogens is 1. The van der Waals surface area contributed by atoms with E-state index < -0.39 is 6.43 Å². The highest BCUT2D eigenvalue weighted by molar-refractivity contribution is 7.10. The lowest BCUT2D eigenvalue weighted by Gasteiger charge is -1.86. The molecule has 1 aromatic heterocycles. The number of nitrogens with zero attached hydrogens (tertiary/aromatic N) is 1. The fraction of sp³-hybridized carbons (Fsp3) is 0.250. The quantitative estimate of drug-likeness (QED) is 0.661. The molecule has 0 atom stereocenters. The Kier molecular flexibility index (Phi) is 1.61. The highest BCUT2D eigenvalue weighted by Gasteiger charge is 2.09. The van der Waals surface area contributed by atoms with Crippen molar-refractivity contribution in [2.24, 2.45) is 0 Å². The number of hydrogen-bond donors (Lipinski definition) is 1. The number of anilines is 1. The minimum absolute atomic E-state index is 0.162. The molecule has 0 amide bonds. The van der Waals surface area contributed by atoms with Crippen molar-refractivity contribution in [2.75, 3.05) is 5.73 Å². The van der Waals surface area contributed by atoms with Gasteiger partial charge in [0.25, 0.3) is 6.43 Å². The van der Waals surface area contributed by atoms with Crippen LogP contribution in [0.15, 0.2) is 5.38 Å². The standard InChI is InChI=1S/C4H4F2N2S/c5-3(6)4-8-2(7)1-9-4/h1,3H,7H2. The fourth-order valence-corrected chi connectivity index (χ4v) is 0.956. The Morgan fingerprint density at radius 1 is 1.67 bits per heavy atom. The van der Waals surface area contributed by atoms with Gasteiger partial charge < -0.3 is 5.73 Å². The number of halogens is 2. The Labute approximate surface area is 54.3 Å². The molecule has 0 aliphatic heterocycles. The maximum absolute atomic E-state index is 11.7. The van der Waals surface area contributed by atoms with Crippen molar-refractivity contribution in [3.8, 4) is 0 Å². The lowest BCUT2D eigenvalue weighted by Crippen LogP contribution is -1.85. The molecule has 2 N–H and O–H groups in total. The molecule has 1 rings (SSSR count). The minimum Gasteiger partial charge on any atom is -0.383 e. The Bertz CT molecular complexity index is 198. The fourth-order valence-electron chi connectivity index (χ4n) is 0.401. The lowest BCUT2D eigenvalue weighted by atomic mass is 10.7. The van der Waals surface area contributed by atoms with Gasteiger partial charge in [-0.1, -0.05) is 0 Å². The van der Waals surface area contributed by atoms with Crippen LogP contribution in [0.5, 0.6) is 0 Å². The van der Waals surface area contributed by atoms with Gasteiger partial charge in [0, 0.05) is 5.38 Å². The van der Waals surface area contributed by atoms with Gasteiger partial charge in [-0.25, -0.2) is 13.8 Å². The first-order valence-electron chi connectivity index (χ1n) is 2.19. The van der Waals surface area contributed by atoms with Crippen LogP contribution in [-0.4, -0.2) is 4.98 Å². The topological polar surface area (TPSA) is 38.9 Å². The second kappa shape index (κ2) is 2.26. The molecule has 0 aliphatic carbocycles. The van der Waals surface area contributed by atoms with Crippen LogP contribution in [0.2, 0.25) is 0 Å². The molecule has 1 heterocycles. The number of rotatable bonds is 1. The summed E-state index contributed by atoms with van der Waals surface area (Å²) in [6.45, 7) is 0. The highest BCUT2D eigenvalue weighted by Crippen LogP contribution is 2.22. The third kappa shape index (κ3) is 1.35. The van der Waals surface area contributed by atoms with E-state index in [4.69, 9.17) is 5.73 Å². The Balaban J connectivity index is 2.85. The van der Waals surface area contributed by atoms with E-state index in [-0.39, 0.29) is 10.8 Å². The Morgan fingerprint density at radius 2 is 2.33 bits per heavy atom. The molecular formula is C4H4F2N2S. The van der Waals surface area contributed by atoms with E-state index in [1.54, 1.807) is 0 Å². The van der Waals surface area contributed by atoms with Gasteiger partial charge in [0.15, 0.2) is 5.01 Å². The molecule has 0 saturated carbocycles. The first-order chi connectivity index (χ1) is 4.20. The van der Waals surface area contributed by atoms with Crippen molar-refractivity contribution in [1.82, 2.24) is 4.98 Å². The second-order valence-corrected chi connectivity index (χ2v) is 2.30. The molecular weight excluding hydrogens is 146 g/mol. The number of hydrogen-bond acceptors (Lipinski definition) is 3. The molecule has 0 aromatic carbocycles. The summed E-state index contributed by atoms with van der Waals surface area (Å²) in [5.41, 5.74) is 5.08. The van der Waals surface area contributed by atoms with Gasteiger partial charge in [-0.3, -0.25) is 0 Å². The first-order valence-corrected chi connectivity index (χ1v) is 3.07. The summed E-state index contributed by atoms with van der Waals surface area (Å²) in [5.74, 6) is 0.162. The average molecular weight is 150 g/mol. The van der Waals surface area contributed by atoms with E-state index in [1.807, 2.05) is 0 Å². The van der Waals surface area contributed by atoms with Crippen molar-refractivity contribution >= 4 is 17.2 Å². The number of nitrogen functional groups attached to an aromatic ring is 1. The predicted molar refractivity (Wildman–Crippen MR) is 31.5 cm³/mol. The van der Waals surface area contributed by atoms with Crippen molar-refractivity contribution in [1.29, 1.82) is 0 Å². The zero-order valence-corrected chi connectivity index (χ0v) is 5.16. The van der Waals surface area contributed by atoms with Gasteiger partial charge in [0.2, 0.25) is 0 Å². The largest absolute Gasteiger partial charge is 0.383 e. The van der Waals surface area contributed by atoms with Gasteiger partial charge in [0.1, 0.15) is 5.82 Å². The summed E-state index contributed by atoms with van der Waals surface area (Å²) in [7, 11) is 0. The van der Waals surface area contributed by atoms with E-state index in [9.17, 15) is 8.78 Å². The molecule has 0 saturated heterocycles. The summed E-state index contributed by atoms with van der Waals surface area (Å²) >= 11 is 0.872. The molecule has 50 valence electrons. The monoisotopic (exact) mass is 150 g/mol.